The van der Waals surface area contributed by atoms with Crippen LogP contribution in [0.25, 0.3) is 0 Å². The predicted octanol–water partition coefficient (Wildman–Crippen LogP) is 1.11. The number of aromatic nitrogens is 2. The second kappa shape index (κ2) is 4.77. The number of aryl methyl sites for hydroxylation is 1. The predicted molar refractivity (Wildman–Crippen MR) is 60.5 cm³/mol. The van der Waals surface area contributed by atoms with Gasteiger partial charge in [0.2, 0.25) is 0 Å². The first-order valence-corrected chi connectivity index (χ1v) is 5.32. The highest BCUT2D eigenvalue weighted by Crippen LogP contribution is 2.08. The Morgan fingerprint density at radius 3 is 2.73 bits per heavy atom. The van der Waals surface area contributed by atoms with E-state index in [4.69, 9.17) is 0 Å². The summed E-state index contributed by atoms with van der Waals surface area (Å²) in [5, 5.41) is 9.68. The molecule has 1 heterocycles. The molecular weight excluding hydrogens is 190 g/mol. The summed E-state index contributed by atoms with van der Waals surface area (Å²) in [5.74, 6) is 0. The number of imidazole rings is 1. The summed E-state index contributed by atoms with van der Waals surface area (Å²) in [4.78, 5) is 6.22. The zero-order chi connectivity index (χ0) is 11.5. The van der Waals surface area contributed by atoms with Crippen LogP contribution in [0.5, 0.6) is 0 Å². The molecular formula is C11H21N3O. The minimum Gasteiger partial charge on any atom is -0.389 e. The molecule has 0 fully saturated rings. The van der Waals surface area contributed by atoms with Crippen molar-refractivity contribution in [2.45, 2.75) is 39.5 Å². The van der Waals surface area contributed by atoms with Crippen molar-refractivity contribution in [3.63, 3.8) is 0 Å². The van der Waals surface area contributed by atoms with Crippen molar-refractivity contribution in [2.24, 2.45) is 0 Å². The molecule has 0 saturated carbocycles. The van der Waals surface area contributed by atoms with Gasteiger partial charge in [-0.1, -0.05) is 0 Å². The van der Waals surface area contributed by atoms with Crippen LogP contribution in [-0.4, -0.2) is 38.8 Å². The second-order valence-corrected chi connectivity index (χ2v) is 4.66. The number of hydrogen-bond acceptors (Lipinski definition) is 3. The van der Waals surface area contributed by atoms with Crippen LogP contribution in [0.4, 0.5) is 0 Å². The van der Waals surface area contributed by atoms with E-state index in [0.29, 0.717) is 6.54 Å². The van der Waals surface area contributed by atoms with Gasteiger partial charge >= 0.3 is 0 Å². The van der Waals surface area contributed by atoms with Gasteiger partial charge in [0.05, 0.1) is 17.6 Å². The summed E-state index contributed by atoms with van der Waals surface area (Å²) in [6.07, 6.45) is 3.72. The van der Waals surface area contributed by atoms with Crippen molar-refractivity contribution < 1.29 is 5.11 Å². The molecule has 15 heavy (non-hydrogen) atoms. The first-order chi connectivity index (χ1) is 6.92. The van der Waals surface area contributed by atoms with Gasteiger partial charge in [-0.25, -0.2) is 4.98 Å². The van der Waals surface area contributed by atoms with Gasteiger partial charge in [-0.05, 0) is 27.8 Å². The van der Waals surface area contributed by atoms with Crippen LogP contribution >= 0.6 is 0 Å². The number of rotatable bonds is 5. The van der Waals surface area contributed by atoms with E-state index in [1.165, 1.54) is 5.69 Å². The van der Waals surface area contributed by atoms with Crippen LogP contribution < -0.4 is 0 Å². The van der Waals surface area contributed by atoms with E-state index in [2.05, 4.69) is 21.4 Å². The third-order valence-corrected chi connectivity index (χ3v) is 2.23. The summed E-state index contributed by atoms with van der Waals surface area (Å²) in [7, 11) is 2.00. The minimum atomic E-state index is -0.647. The summed E-state index contributed by atoms with van der Waals surface area (Å²) in [5.41, 5.74) is 0.537. The van der Waals surface area contributed by atoms with Crippen LogP contribution in [0.3, 0.4) is 0 Å². The summed E-state index contributed by atoms with van der Waals surface area (Å²) >= 11 is 0. The monoisotopic (exact) mass is 211 g/mol. The molecule has 0 spiro atoms. The second-order valence-electron chi connectivity index (χ2n) is 4.66. The zero-order valence-corrected chi connectivity index (χ0v) is 10.1. The van der Waals surface area contributed by atoms with Crippen molar-refractivity contribution in [3.05, 3.63) is 18.2 Å². The Kier molecular flexibility index (Phi) is 3.88. The first kappa shape index (κ1) is 12.2. The Morgan fingerprint density at radius 1 is 1.53 bits per heavy atom. The Labute approximate surface area is 91.5 Å². The van der Waals surface area contributed by atoms with Crippen molar-refractivity contribution in [1.82, 2.24) is 14.5 Å². The molecule has 1 rings (SSSR count). The SMILES string of the molecule is CCn1cncc1CN(C)CC(C)(C)O. The molecule has 0 amide bonds. The lowest BCUT2D eigenvalue weighted by Gasteiger charge is -2.25. The number of aliphatic hydroxyl groups is 1. The standard InChI is InChI=1S/C11H21N3O/c1-5-14-9-12-6-10(14)7-13(4)8-11(2,3)15/h6,9,15H,5,7-8H2,1-4H3. The molecule has 1 N–H and O–H groups in total. The van der Waals surface area contributed by atoms with E-state index in [-0.39, 0.29) is 0 Å². The molecule has 0 unspecified atom stereocenters. The fourth-order valence-electron chi connectivity index (χ4n) is 1.76. The highest BCUT2D eigenvalue weighted by atomic mass is 16.3. The summed E-state index contributed by atoms with van der Waals surface area (Å²) in [6, 6.07) is 0. The smallest absolute Gasteiger partial charge is 0.0948 e. The van der Waals surface area contributed by atoms with Gasteiger partial charge in [-0.3, -0.25) is 4.90 Å². The van der Waals surface area contributed by atoms with Crippen LogP contribution in [0.15, 0.2) is 12.5 Å². The third-order valence-electron chi connectivity index (χ3n) is 2.23. The molecule has 0 aliphatic heterocycles. The lowest BCUT2D eigenvalue weighted by atomic mass is 10.1. The van der Waals surface area contributed by atoms with E-state index >= 15 is 0 Å². The van der Waals surface area contributed by atoms with E-state index in [1.807, 2.05) is 33.4 Å². The van der Waals surface area contributed by atoms with E-state index in [1.54, 1.807) is 0 Å². The maximum Gasteiger partial charge on any atom is 0.0948 e. The Balaban J connectivity index is 2.55. The molecule has 4 heteroatoms. The first-order valence-electron chi connectivity index (χ1n) is 5.32. The average Bonchev–Trinajstić information content (AvgIpc) is 2.48. The van der Waals surface area contributed by atoms with Gasteiger partial charge in [0.15, 0.2) is 0 Å². The topological polar surface area (TPSA) is 41.3 Å². The zero-order valence-electron chi connectivity index (χ0n) is 10.1. The fourth-order valence-corrected chi connectivity index (χ4v) is 1.76. The lowest BCUT2D eigenvalue weighted by Crippen LogP contribution is -2.36. The maximum absolute atomic E-state index is 9.68. The fraction of sp³-hybridized carbons (Fsp3) is 0.727. The van der Waals surface area contributed by atoms with Crippen LogP contribution in [0.1, 0.15) is 26.5 Å². The van der Waals surface area contributed by atoms with Crippen molar-refractivity contribution in [2.75, 3.05) is 13.6 Å². The Hall–Kier alpha value is -0.870. The summed E-state index contributed by atoms with van der Waals surface area (Å²) < 4.78 is 2.11. The largest absolute Gasteiger partial charge is 0.389 e. The van der Waals surface area contributed by atoms with E-state index in [0.717, 1.165) is 13.1 Å². The molecule has 4 nitrogen and oxygen atoms in total. The molecule has 0 saturated heterocycles. The highest BCUT2D eigenvalue weighted by molar-refractivity contribution is 4.98. The van der Waals surface area contributed by atoms with Crippen molar-refractivity contribution in [1.29, 1.82) is 0 Å². The lowest BCUT2D eigenvalue weighted by molar-refractivity contribution is 0.0419. The molecule has 0 radical (unpaired) electrons. The van der Waals surface area contributed by atoms with Crippen molar-refractivity contribution in [3.8, 4) is 0 Å². The van der Waals surface area contributed by atoms with Gasteiger partial charge in [-0.2, -0.15) is 0 Å². The molecule has 0 aliphatic rings. The van der Waals surface area contributed by atoms with Gasteiger partial charge in [0.1, 0.15) is 0 Å². The quantitative estimate of drug-likeness (QED) is 0.793. The normalized spacial score (nSPS) is 12.4. The van der Waals surface area contributed by atoms with Gasteiger partial charge in [-0.15, -0.1) is 0 Å². The number of hydrogen-bond donors (Lipinski definition) is 1. The van der Waals surface area contributed by atoms with Crippen LogP contribution in [0.2, 0.25) is 0 Å². The Bertz CT molecular complexity index is 301. The molecule has 0 atom stereocenters. The third kappa shape index (κ3) is 4.01. The molecule has 86 valence electrons. The minimum absolute atomic E-state index is 0.647. The molecule has 1 aromatic heterocycles. The van der Waals surface area contributed by atoms with Gasteiger partial charge < -0.3 is 9.67 Å². The molecule has 0 aromatic carbocycles. The van der Waals surface area contributed by atoms with E-state index < -0.39 is 5.60 Å². The average molecular weight is 211 g/mol. The van der Waals surface area contributed by atoms with Crippen LogP contribution in [0, 0.1) is 0 Å². The van der Waals surface area contributed by atoms with Gasteiger partial charge in [0.25, 0.3) is 0 Å². The molecule has 0 aliphatic carbocycles. The van der Waals surface area contributed by atoms with E-state index in [9.17, 15) is 5.11 Å². The van der Waals surface area contributed by atoms with Crippen molar-refractivity contribution >= 4 is 0 Å². The van der Waals surface area contributed by atoms with Crippen LogP contribution in [-0.2, 0) is 13.1 Å². The Morgan fingerprint density at radius 2 is 2.20 bits per heavy atom. The molecule has 1 aromatic rings. The maximum atomic E-state index is 9.68. The highest BCUT2D eigenvalue weighted by Gasteiger charge is 2.16. The number of likely N-dealkylation sites (N-methyl/N-ethyl adjacent to an activating group) is 1. The summed E-state index contributed by atoms with van der Waals surface area (Å²) in [6.45, 7) is 8.15. The van der Waals surface area contributed by atoms with Gasteiger partial charge in [0, 0.05) is 25.8 Å². The molecule has 0 bridgehead atoms. The number of nitrogens with zero attached hydrogens (tertiary/aromatic N) is 3.